The minimum Gasteiger partial charge on any atom is -0.384 e. The Bertz CT molecular complexity index is 702. The summed E-state index contributed by atoms with van der Waals surface area (Å²) in [5.41, 5.74) is -2.86. The Kier molecular flexibility index (Phi) is 4.26. The van der Waals surface area contributed by atoms with Crippen LogP contribution in [0.15, 0.2) is 30.3 Å². The molecule has 0 amide bonds. The second-order valence-electron chi connectivity index (χ2n) is 6.85. The van der Waals surface area contributed by atoms with E-state index in [4.69, 9.17) is 14.2 Å². The molecular formula is C16H22O7S. The average Bonchev–Trinajstić information content (AvgIpc) is 2.90. The predicted octanol–water partition coefficient (Wildman–Crippen LogP) is 0.200. The number of aliphatic hydroxyl groups is 2. The topological polar surface area (TPSA) is 102 Å². The van der Waals surface area contributed by atoms with E-state index in [2.05, 4.69) is 0 Å². The molecule has 5 atom stereocenters. The molecule has 0 bridgehead atoms. The lowest BCUT2D eigenvalue weighted by Gasteiger charge is -2.35. The van der Waals surface area contributed by atoms with Crippen molar-refractivity contribution >= 4 is 9.84 Å². The maximum atomic E-state index is 11.8. The smallest absolute Gasteiger partial charge is 0.190 e. The molecule has 0 unspecified atom stereocenters. The molecule has 0 aromatic heterocycles. The van der Waals surface area contributed by atoms with Gasteiger partial charge in [-0.2, -0.15) is 0 Å². The summed E-state index contributed by atoms with van der Waals surface area (Å²) in [6.45, 7) is 3.36. The molecule has 24 heavy (non-hydrogen) atoms. The van der Waals surface area contributed by atoms with Gasteiger partial charge < -0.3 is 24.4 Å². The highest BCUT2D eigenvalue weighted by Crippen LogP contribution is 2.46. The summed E-state index contributed by atoms with van der Waals surface area (Å²) in [5, 5.41) is 21.5. The van der Waals surface area contributed by atoms with E-state index in [1.807, 2.05) is 18.2 Å². The Morgan fingerprint density at radius 2 is 1.83 bits per heavy atom. The van der Waals surface area contributed by atoms with E-state index in [-0.39, 0.29) is 6.42 Å². The van der Waals surface area contributed by atoms with Gasteiger partial charge in [-0.25, -0.2) is 8.42 Å². The molecule has 1 aromatic rings. The van der Waals surface area contributed by atoms with E-state index in [1.54, 1.807) is 26.0 Å². The van der Waals surface area contributed by atoms with E-state index in [9.17, 15) is 18.6 Å². The minimum atomic E-state index is -3.85. The lowest BCUT2D eigenvalue weighted by atomic mass is 9.86. The van der Waals surface area contributed by atoms with E-state index in [0.29, 0.717) is 0 Å². The summed E-state index contributed by atoms with van der Waals surface area (Å²) in [6, 6.07) is 9.06. The minimum absolute atomic E-state index is 0.0612. The zero-order chi connectivity index (χ0) is 17.8. The van der Waals surface area contributed by atoms with Crippen LogP contribution in [0, 0.1) is 0 Å². The van der Waals surface area contributed by atoms with Crippen LogP contribution in [0.3, 0.4) is 0 Å². The van der Waals surface area contributed by atoms with Crippen LogP contribution in [-0.2, 0) is 30.5 Å². The molecular weight excluding hydrogens is 336 g/mol. The number of hydrogen-bond acceptors (Lipinski definition) is 7. The number of fused-ring (bicyclic) bond motifs is 1. The lowest BCUT2D eigenvalue weighted by molar-refractivity contribution is -0.236. The quantitative estimate of drug-likeness (QED) is 0.793. The van der Waals surface area contributed by atoms with Crippen molar-refractivity contribution < 1.29 is 32.8 Å². The molecule has 0 aliphatic carbocycles. The molecule has 3 rings (SSSR count). The largest absolute Gasteiger partial charge is 0.384 e. The van der Waals surface area contributed by atoms with Gasteiger partial charge in [-0.1, -0.05) is 30.3 Å². The summed E-state index contributed by atoms with van der Waals surface area (Å²) in [7, 11) is -3.85. The molecule has 0 saturated carbocycles. The van der Waals surface area contributed by atoms with E-state index < -0.39 is 45.2 Å². The number of rotatable bonds is 4. The fraction of sp³-hybridized carbons (Fsp3) is 0.625. The Hall–Kier alpha value is -1.03. The zero-order valence-electron chi connectivity index (χ0n) is 13.7. The highest BCUT2D eigenvalue weighted by atomic mass is 32.2. The monoisotopic (exact) mass is 358 g/mol. The SMILES string of the molecule is CC1(C)O[C@H]2O[C@H]([C@H](O)S(C)(=O)=O)[C@@](O)(Cc3ccccc3)[C@H]2O1. The zero-order valence-corrected chi connectivity index (χ0v) is 14.6. The summed E-state index contributed by atoms with van der Waals surface area (Å²) in [4.78, 5) is 0. The average molecular weight is 358 g/mol. The van der Waals surface area contributed by atoms with Crippen molar-refractivity contribution in [1.29, 1.82) is 0 Å². The van der Waals surface area contributed by atoms with Gasteiger partial charge in [0.2, 0.25) is 0 Å². The maximum absolute atomic E-state index is 11.8. The van der Waals surface area contributed by atoms with Crippen molar-refractivity contribution in [2.24, 2.45) is 0 Å². The molecule has 2 heterocycles. The van der Waals surface area contributed by atoms with Gasteiger partial charge in [0, 0.05) is 12.7 Å². The molecule has 134 valence electrons. The molecule has 8 heteroatoms. The molecule has 7 nitrogen and oxygen atoms in total. The lowest BCUT2D eigenvalue weighted by Crippen LogP contribution is -2.56. The molecule has 2 aliphatic heterocycles. The van der Waals surface area contributed by atoms with Gasteiger partial charge in [-0.05, 0) is 19.4 Å². The first-order chi connectivity index (χ1) is 11.0. The van der Waals surface area contributed by atoms with Gasteiger partial charge in [-0.15, -0.1) is 0 Å². The fourth-order valence-corrected chi connectivity index (χ4v) is 4.00. The molecule has 2 aliphatic rings. The molecule has 0 spiro atoms. The van der Waals surface area contributed by atoms with Gasteiger partial charge in [0.25, 0.3) is 0 Å². The van der Waals surface area contributed by atoms with Gasteiger partial charge in [0.1, 0.15) is 17.8 Å². The van der Waals surface area contributed by atoms with Crippen LogP contribution in [0.5, 0.6) is 0 Å². The van der Waals surface area contributed by atoms with E-state index in [1.165, 1.54) is 0 Å². The first kappa shape index (κ1) is 17.8. The maximum Gasteiger partial charge on any atom is 0.190 e. The number of benzene rings is 1. The molecule has 2 saturated heterocycles. The van der Waals surface area contributed by atoms with Crippen LogP contribution >= 0.6 is 0 Å². The van der Waals surface area contributed by atoms with Crippen molar-refractivity contribution in [3.63, 3.8) is 0 Å². The van der Waals surface area contributed by atoms with Crippen LogP contribution in [0.4, 0.5) is 0 Å². The number of sulfone groups is 1. The predicted molar refractivity (Wildman–Crippen MR) is 84.6 cm³/mol. The summed E-state index contributed by atoms with van der Waals surface area (Å²) >= 11 is 0. The number of ether oxygens (including phenoxy) is 3. The van der Waals surface area contributed by atoms with E-state index >= 15 is 0 Å². The van der Waals surface area contributed by atoms with Gasteiger partial charge in [0.05, 0.1) is 0 Å². The van der Waals surface area contributed by atoms with Crippen molar-refractivity contribution in [2.45, 2.75) is 55.6 Å². The summed E-state index contributed by atoms with van der Waals surface area (Å²) in [6.07, 6.45) is -2.28. The van der Waals surface area contributed by atoms with Crippen LogP contribution in [0.2, 0.25) is 0 Å². The number of aliphatic hydroxyl groups excluding tert-OH is 1. The molecule has 1 aromatic carbocycles. The first-order valence-electron chi connectivity index (χ1n) is 7.67. The van der Waals surface area contributed by atoms with E-state index in [0.717, 1.165) is 11.8 Å². The molecule has 0 radical (unpaired) electrons. The van der Waals surface area contributed by atoms with Crippen LogP contribution in [0.1, 0.15) is 19.4 Å². The Morgan fingerprint density at radius 3 is 2.42 bits per heavy atom. The Morgan fingerprint density at radius 1 is 1.21 bits per heavy atom. The Labute approximate surface area is 141 Å². The van der Waals surface area contributed by atoms with Crippen molar-refractivity contribution in [3.05, 3.63) is 35.9 Å². The van der Waals surface area contributed by atoms with Crippen LogP contribution in [0.25, 0.3) is 0 Å². The van der Waals surface area contributed by atoms with Crippen molar-refractivity contribution in [1.82, 2.24) is 0 Å². The van der Waals surface area contributed by atoms with Crippen molar-refractivity contribution in [2.75, 3.05) is 6.26 Å². The second kappa shape index (κ2) is 5.76. The molecule has 2 N–H and O–H groups in total. The third-order valence-electron chi connectivity index (χ3n) is 4.35. The first-order valence-corrected chi connectivity index (χ1v) is 9.63. The fourth-order valence-electron chi connectivity index (χ4n) is 3.25. The Balaban J connectivity index is 1.98. The van der Waals surface area contributed by atoms with Crippen LogP contribution in [-0.4, -0.2) is 60.2 Å². The van der Waals surface area contributed by atoms with Crippen LogP contribution < -0.4 is 0 Å². The normalized spacial score (nSPS) is 36.5. The summed E-state index contributed by atoms with van der Waals surface area (Å²) in [5.74, 6) is -0.971. The van der Waals surface area contributed by atoms with Crippen molar-refractivity contribution in [3.8, 4) is 0 Å². The van der Waals surface area contributed by atoms with Gasteiger partial charge in [-0.3, -0.25) is 0 Å². The number of hydrogen-bond donors (Lipinski definition) is 2. The highest BCUT2D eigenvalue weighted by Gasteiger charge is 2.65. The second-order valence-corrected chi connectivity index (χ2v) is 9.00. The highest BCUT2D eigenvalue weighted by molar-refractivity contribution is 7.91. The third-order valence-corrected chi connectivity index (χ3v) is 5.48. The van der Waals surface area contributed by atoms with Gasteiger partial charge in [0.15, 0.2) is 27.4 Å². The molecule has 2 fully saturated rings. The van der Waals surface area contributed by atoms with Gasteiger partial charge >= 0.3 is 0 Å². The third kappa shape index (κ3) is 3.10. The standard InChI is InChI=1S/C16H22O7S/c1-15(2)22-12-14(23-15)21-11(13(17)24(3,19)20)16(12,18)9-10-7-5-4-6-8-10/h4-8,11-14,17-18H,9H2,1-3H3/t11-,12+,13-,14-,16+/m1/s1. The summed E-state index contributed by atoms with van der Waals surface area (Å²) < 4.78 is 40.5.